The fourth-order valence-corrected chi connectivity index (χ4v) is 2.82. The molecule has 5 heteroatoms. The topological polar surface area (TPSA) is 56.8 Å². The maximum atomic E-state index is 12.4. The lowest BCUT2D eigenvalue weighted by Crippen LogP contribution is -2.39. The average molecular weight is 386 g/mol. The third-order valence-corrected chi connectivity index (χ3v) is 4.34. The second-order valence-electron chi connectivity index (χ2n) is 7.58. The maximum absolute atomic E-state index is 12.4. The molecule has 0 aliphatic rings. The Labute approximate surface area is 168 Å². The van der Waals surface area contributed by atoms with Crippen molar-refractivity contribution < 1.29 is 19.0 Å². The normalized spacial score (nSPS) is 12.2. The molecule has 0 heterocycles. The molecule has 0 spiro atoms. The summed E-state index contributed by atoms with van der Waals surface area (Å²) in [5, 5.41) is 2.89. The monoisotopic (exact) mass is 385 g/mol. The van der Waals surface area contributed by atoms with Crippen molar-refractivity contribution in [2.24, 2.45) is 0 Å². The van der Waals surface area contributed by atoms with Gasteiger partial charge < -0.3 is 19.5 Å². The van der Waals surface area contributed by atoms with Crippen LogP contribution < -0.4 is 19.5 Å². The minimum absolute atomic E-state index is 0.00225. The Bertz CT molecular complexity index is 767. The van der Waals surface area contributed by atoms with Gasteiger partial charge in [-0.25, -0.2) is 0 Å². The van der Waals surface area contributed by atoms with Gasteiger partial charge in [0.2, 0.25) is 0 Å². The summed E-state index contributed by atoms with van der Waals surface area (Å²) in [6, 6.07) is 15.2. The molecule has 5 nitrogen and oxygen atoms in total. The average Bonchev–Trinajstić information content (AvgIpc) is 2.69. The van der Waals surface area contributed by atoms with Crippen molar-refractivity contribution in [1.82, 2.24) is 5.32 Å². The second kappa shape index (κ2) is 10.0. The van der Waals surface area contributed by atoms with Crippen LogP contribution in [0.1, 0.15) is 39.7 Å². The van der Waals surface area contributed by atoms with Crippen LogP contribution in [0.2, 0.25) is 0 Å². The van der Waals surface area contributed by atoms with Crippen molar-refractivity contribution in [1.29, 1.82) is 0 Å². The molecule has 0 unspecified atom stereocenters. The molecule has 2 aromatic carbocycles. The number of nitrogens with one attached hydrogen (secondary N) is 1. The number of carbonyl (C=O) groups is 1. The smallest absolute Gasteiger partial charge is 0.261 e. The molecule has 1 atom stereocenters. The molecule has 152 valence electrons. The number of para-hydroxylation sites is 1. The summed E-state index contributed by atoms with van der Waals surface area (Å²) in [6.45, 7) is 9.18. The van der Waals surface area contributed by atoms with Crippen molar-refractivity contribution in [3.8, 4) is 17.2 Å². The number of methoxy groups -OCH3 is 1. The van der Waals surface area contributed by atoms with Crippen LogP contribution >= 0.6 is 0 Å². The van der Waals surface area contributed by atoms with E-state index >= 15 is 0 Å². The van der Waals surface area contributed by atoms with Crippen molar-refractivity contribution in [2.75, 3.05) is 20.3 Å². The van der Waals surface area contributed by atoms with E-state index in [0.717, 1.165) is 11.3 Å². The van der Waals surface area contributed by atoms with E-state index in [0.29, 0.717) is 31.1 Å². The first-order valence-electron chi connectivity index (χ1n) is 9.66. The van der Waals surface area contributed by atoms with Crippen LogP contribution in [-0.2, 0) is 10.2 Å². The molecule has 2 aromatic rings. The number of amides is 1. The molecule has 0 saturated heterocycles. The number of carbonyl (C=O) groups excluding carboxylic acids is 1. The molecule has 0 aliphatic carbocycles. The van der Waals surface area contributed by atoms with E-state index in [1.165, 1.54) is 0 Å². The Morgan fingerprint density at radius 2 is 1.79 bits per heavy atom. The Kier molecular flexibility index (Phi) is 7.73. The number of hydrogen-bond acceptors (Lipinski definition) is 4. The van der Waals surface area contributed by atoms with Crippen LogP contribution in [0, 0.1) is 0 Å². The molecule has 28 heavy (non-hydrogen) atoms. The summed E-state index contributed by atoms with van der Waals surface area (Å²) < 4.78 is 16.9. The third-order valence-electron chi connectivity index (χ3n) is 4.34. The summed E-state index contributed by atoms with van der Waals surface area (Å²) in [5.74, 6) is 2.00. The quantitative estimate of drug-likeness (QED) is 0.652. The molecule has 0 fully saturated rings. The Morgan fingerprint density at radius 1 is 1.07 bits per heavy atom. The molecule has 2 rings (SSSR count). The van der Waals surface area contributed by atoms with Crippen LogP contribution in [0.4, 0.5) is 0 Å². The summed E-state index contributed by atoms with van der Waals surface area (Å²) in [7, 11) is 1.60. The summed E-state index contributed by atoms with van der Waals surface area (Å²) in [4.78, 5) is 12.4. The van der Waals surface area contributed by atoms with Gasteiger partial charge in [0.25, 0.3) is 5.91 Å². The molecule has 1 N–H and O–H groups in total. The van der Waals surface area contributed by atoms with Gasteiger partial charge in [-0.15, -0.1) is 0 Å². The Balaban J connectivity index is 1.86. The number of hydrogen-bond donors (Lipinski definition) is 1. The van der Waals surface area contributed by atoms with Gasteiger partial charge in [0.15, 0.2) is 6.10 Å². The molecule has 0 radical (unpaired) electrons. The first kappa shape index (κ1) is 21.6. The zero-order valence-electron chi connectivity index (χ0n) is 17.5. The number of ether oxygens (including phenoxy) is 3. The van der Waals surface area contributed by atoms with Gasteiger partial charge in [0.05, 0.1) is 13.7 Å². The highest BCUT2D eigenvalue weighted by Crippen LogP contribution is 2.30. The van der Waals surface area contributed by atoms with E-state index in [9.17, 15) is 4.79 Å². The standard InChI is InChI=1S/C23H31NO4/c1-6-20(28-18-11-9-10-17(16-18)26-5)22(25)24-14-15-27-21-13-8-7-12-19(21)23(2,3)4/h7-13,16,20H,6,14-15H2,1-5H3,(H,24,25)/t20-/m0/s1. The highest BCUT2D eigenvalue weighted by atomic mass is 16.5. The number of rotatable bonds is 9. The van der Waals surface area contributed by atoms with Crippen molar-refractivity contribution in [3.05, 3.63) is 54.1 Å². The van der Waals surface area contributed by atoms with Gasteiger partial charge >= 0.3 is 0 Å². The molecule has 1 amide bonds. The van der Waals surface area contributed by atoms with Gasteiger partial charge in [-0.05, 0) is 35.6 Å². The van der Waals surface area contributed by atoms with E-state index in [1.54, 1.807) is 13.2 Å². The minimum atomic E-state index is -0.561. The fourth-order valence-electron chi connectivity index (χ4n) is 2.82. The summed E-state index contributed by atoms with van der Waals surface area (Å²) in [5.41, 5.74) is 1.15. The highest BCUT2D eigenvalue weighted by Gasteiger charge is 2.20. The van der Waals surface area contributed by atoms with E-state index in [1.807, 2.05) is 43.3 Å². The lowest BCUT2D eigenvalue weighted by molar-refractivity contribution is -0.128. The largest absolute Gasteiger partial charge is 0.497 e. The molecular weight excluding hydrogens is 354 g/mol. The highest BCUT2D eigenvalue weighted by molar-refractivity contribution is 5.81. The third kappa shape index (κ3) is 6.19. The number of benzene rings is 2. The van der Waals surface area contributed by atoms with Crippen LogP contribution in [-0.4, -0.2) is 32.3 Å². The summed E-state index contributed by atoms with van der Waals surface area (Å²) in [6.07, 6.45) is 0.00509. The minimum Gasteiger partial charge on any atom is -0.497 e. The van der Waals surface area contributed by atoms with Crippen molar-refractivity contribution in [3.63, 3.8) is 0 Å². The SMILES string of the molecule is CC[C@H](Oc1cccc(OC)c1)C(=O)NCCOc1ccccc1C(C)(C)C. The van der Waals surface area contributed by atoms with Gasteiger partial charge in [-0.1, -0.05) is 52.0 Å². The first-order valence-corrected chi connectivity index (χ1v) is 9.66. The molecule has 0 aliphatic heterocycles. The van der Waals surface area contributed by atoms with Crippen molar-refractivity contribution >= 4 is 5.91 Å². The fraction of sp³-hybridized carbons (Fsp3) is 0.435. The van der Waals surface area contributed by atoms with Gasteiger partial charge in [0.1, 0.15) is 23.9 Å². The van der Waals surface area contributed by atoms with Crippen LogP contribution in [0.5, 0.6) is 17.2 Å². The van der Waals surface area contributed by atoms with E-state index in [4.69, 9.17) is 14.2 Å². The van der Waals surface area contributed by atoms with Crippen LogP contribution in [0.3, 0.4) is 0 Å². The van der Waals surface area contributed by atoms with Gasteiger partial charge in [-0.2, -0.15) is 0 Å². The van der Waals surface area contributed by atoms with Gasteiger partial charge in [-0.3, -0.25) is 4.79 Å². The van der Waals surface area contributed by atoms with E-state index in [2.05, 4.69) is 32.2 Å². The lowest BCUT2D eigenvalue weighted by atomic mass is 9.86. The molecule has 0 aromatic heterocycles. The maximum Gasteiger partial charge on any atom is 0.261 e. The van der Waals surface area contributed by atoms with Crippen LogP contribution in [0.25, 0.3) is 0 Å². The Morgan fingerprint density at radius 3 is 2.46 bits per heavy atom. The zero-order valence-corrected chi connectivity index (χ0v) is 17.5. The second-order valence-corrected chi connectivity index (χ2v) is 7.58. The zero-order chi connectivity index (χ0) is 20.6. The predicted octanol–water partition coefficient (Wildman–Crippen LogP) is 4.35. The predicted molar refractivity (Wildman–Crippen MR) is 111 cm³/mol. The van der Waals surface area contributed by atoms with Crippen LogP contribution in [0.15, 0.2) is 48.5 Å². The Hall–Kier alpha value is -2.69. The van der Waals surface area contributed by atoms with Crippen molar-refractivity contribution in [2.45, 2.75) is 45.6 Å². The molecular formula is C23H31NO4. The lowest BCUT2D eigenvalue weighted by Gasteiger charge is -2.23. The molecule has 0 bridgehead atoms. The van der Waals surface area contributed by atoms with E-state index < -0.39 is 6.10 Å². The first-order chi connectivity index (χ1) is 13.3. The van der Waals surface area contributed by atoms with Gasteiger partial charge in [0, 0.05) is 6.07 Å². The summed E-state index contributed by atoms with van der Waals surface area (Å²) >= 11 is 0. The van der Waals surface area contributed by atoms with E-state index in [-0.39, 0.29) is 11.3 Å². The molecule has 0 saturated carbocycles.